The Morgan fingerprint density at radius 1 is 1.50 bits per heavy atom. The zero-order valence-corrected chi connectivity index (χ0v) is 8.92. The van der Waals surface area contributed by atoms with Crippen LogP contribution in [0.15, 0.2) is 15.5 Å². The summed E-state index contributed by atoms with van der Waals surface area (Å²) >= 11 is 3.17. The molecule has 0 aliphatic heterocycles. The molecule has 0 fully saturated rings. The number of nitrogens with two attached hydrogens (primary N) is 1. The minimum Gasteiger partial charge on any atom is -0.384 e. The fraction of sp³-hybridized carbons (Fsp3) is 0.125. The Morgan fingerprint density at radius 3 is 2.93 bits per heavy atom. The lowest BCUT2D eigenvalue weighted by Crippen LogP contribution is -2.11. The van der Waals surface area contributed by atoms with Crippen molar-refractivity contribution in [3.05, 3.63) is 26.8 Å². The number of anilines is 1. The molecule has 72 valence electrons. The molecule has 0 bridgehead atoms. The predicted octanol–water partition coefficient (Wildman–Crippen LogP) is 0.971. The molecule has 3 N–H and O–H groups in total. The summed E-state index contributed by atoms with van der Waals surface area (Å²) in [6.07, 6.45) is 0. The van der Waals surface area contributed by atoms with Crippen LogP contribution in [0.3, 0.4) is 0 Å². The second kappa shape index (κ2) is 3.06. The van der Waals surface area contributed by atoms with Crippen molar-refractivity contribution in [2.24, 2.45) is 0 Å². The molecule has 0 aliphatic rings. The largest absolute Gasteiger partial charge is 0.384 e. The van der Waals surface area contributed by atoms with Gasteiger partial charge in [0.2, 0.25) is 0 Å². The van der Waals surface area contributed by atoms with E-state index in [1.165, 1.54) is 0 Å². The Bertz CT molecular complexity index is 558. The van der Waals surface area contributed by atoms with Crippen LogP contribution in [-0.2, 0) is 0 Å². The highest BCUT2D eigenvalue weighted by atomic mass is 79.9. The van der Waals surface area contributed by atoms with Crippen molar-refractivity contribution in [2.75, 3.05) is 5.73 Å². The molecule has 5 nitrogen and oxygen atoms in total. The van der Waals surface area contributed by atoms with Crippen LogP contribution >= 0.6 is 15.9 Å². The number of H-pyrrole nitrogens is 1. The standard InChI is InChI=1S/C8H7BrN4O/c1-3-11-4-2-5(10)13-7(9)6(4)8(14)12-3/h2H,1H3,(H2,10,13)(H,11,12,14). The highest BCUT2D eigenvalue weighted by molar-refractivity contribution is 9.10. The van der Waals surface area contributed by atoms with E-state index in [4.69, 9.17) is 5.73 Å². The Kier molecular flexibility index (Phi) is 1.99. The quantitative estimate of drug-likeness (QED) is 0.687. The van der Waals surface area contributed by atoms with Gasteiger partial charge in [0.15, 0.2) is 0 Å². The molecule has 6 heteroatoms. The first-order chi connectivity index (χ1) is 6.58. The molecule has 2 rings (SSSR count). The van der Waals surface area contributed by atoms with Crippen LogP contribution in [0.4, 0.5) is 5.82 Å². The normalized spacial score (nSPS) is 10.7. The van der Waals surface area contributed by atoms with Crippen molar-refractivity contribution in [2.45, 2.75) is 6.92 Å². The number of nitrogens with zero attached hydrogens (tertiary/aromatic N) is 2. The van der Waals surface area contributed by atoms with Crippen LogP contribution in [0, 0.1) is 6.92 Å². The van der Waals surface area contributed by atoms with Crippen molar-refractivity contribution < 1.29 is 0 Å². The summed E-state index contributed by atoms with van der Waals surface area (Å²) < 4.78 is 0.418. The number of nitrogens with one attached hydrogen (secondary N) is 1. The summed E-state index contributed by atoms with van der Waals surface area (Å²) in [7, 11) is 0. The van der Waals surface area contributed by atoms with Crippen molar-refractivity contribution in [3.8, 4) is 0 Å². The maximum Gasteiger partial charge on any atom is 0.261 e. The first kappa shape index (κ1) is 9.14. The Morgan fingerprint density at radius 2 is 2.21 bits per heavy atom. The van der Waals surface area contributed by atoms with Gasteiger partial charge in [-0.05, 0) is 22.9 Å². The monoisotopic (exact) mass is 254 g/mol. The van der Waals surface area contributed by atoms with E-state index in [0.29, 0.717) is 27.1 Å². The third-order valence-electron chi connectivity index (χ3n) is 1.78. The second-order valence-corrected chi connectivity index (χ2v) is 3.63. The molecule has 2 aromatic heterocycles. The lowest BCUT2D eigenvalue weighted by molar-refractivity contribution is 1.05. The summed E-state index contributed by atoms with van der Waals surface area (Å²) in [5.74, 6) is 0.891. The minimum absolute atomic E-state index is 0.216. The molecule has 0 aliphatic carbocycles. The molecule has 0 aromatic carbocycles. The number of nitrogen functional groups attached to an aromatic ring is 1. The molecule has 0 amide bonds. The fourth-order valence-electron chi connectivity index (χ4n) is 1.25. The predicted molar refractivity (Wildman–Crippen MR) is 57.0 cm³/mol. The lowest BCUT2D eigenvalue weighted by atomic mass is 10.3. The lowest BCUT2D eigenvalue weighted by Gasteiger charge is -2.01. The smallest absolute Gasteiger partial charge is 0.261 e. The van der Waals surface area contributed by atoms with Gasteiger partial charge in [0.25, 0.3) is 5.56 Å². The minimum atomic E-state index is -0.216. The first-order valence-corrected chi connectivity index (χ1v) is 4.70. The highest BCUT2D eigenvalue weighted by Gasteiger charge is 2.07. The number of hydrogen-bond acceptors (Lipinski definition) is 4. The van der Waals surface area contributed by atoms with E-state index >= 15 is 0 Å². The third kappa shape index (κ3) is 1.37. The Labute approximate surface area is 87.5 Å². The summed E-state index contributed by atoms with van der Waals surface area (Å²) in [6, 6.07) is 1.57. The maximum atomic E-state index is 11.5. The van der Waals surface area contributed by atoms with Gasteiger partial charge >= 0.3 is 0 Å². The van der Waals surface area contributed by atoms with Crippen LogP contribution in [0.2, 0.25) is 0 Å². The van der Waals surface area contributed by atoms with Crippen molar-refractivity contribution >= 4 is 32.7 Å². The van der Waals surface area contributed by atoms with Gasteiger partial charge in [-0.25, -0.2) is 9.97 Å². The number of fused-ring (bicyclic) bond motifs is 1. The molecule has 0 radical (unpaired) electrons. The molecule has 2 aromatic rings. The number of aromatic amines is 1. The van der Waals surface area contributed by atoms with E-state index in [-0.39, 0.29) is 5.56 Å². The molecule has 0 unspecified atom stereocenters. The van der Waals surface area contributed by atoms with Gasteiger partial charge in [-0.3, -0.25) is 4.79 Å². The molecular weight excluding hydrogens is 248 g/mol. The summed E-state index contributed by atoms with van der Waals surface area (Å²) in [5, 5.41) is 0.421. The van der Waals surface area contributed by atoms with E-state index < -0.39 is 0 Å². The first-order valence-electron chi connectivity index (χ1n) is 3.90. The number of halogens is 1. The second-order valence-electron chi connectivity index (χ2n) is 2.88. The van der Waals surface area contributed by atoms with Crippen LogP contribution in [0.5, 0.6) is 0 Å². The molecule has 0 atom stereocenters. The average Bonchev–Trinajstić information content (AvgIpc) is 1.99. The topological polar surface area (TPSA) is 84.7 Å². The van der Waals surface area contributed by atoms with E-state index in [1.807, 2.05) is 0 Å². The number of hydrogen-bond donors (Lipinski definition) is 2. The van der Waals surface area contributed by atoms with Crippen LogP contribution < -0.4 is 11.3 Å². The van der Waals surface area contributed by atoms with Gasteiger partial charge in [-0.2, -0.15) is 0 Å². The Hall–Kier alpha value is -1.43. The average molecular weight is 255 g/mol. The summed E-state index contributed by atoms with van der Waals surface area (Å²) in [6.45, 7) is 1.71. The van der Waals surface area contributed by atoms with Crippen LogP contribution in [-0.4, -0.2) is 15.0 Å². The van der Waals surface area contributed by atoms with Gasteiger partial charge in [-0.1, -0.05) is 0 Å². The van der Waals surface area contributed by atoms with Crippen molar-refractivity contribution in [1.29, 1.82) is 0 Å². The summed E-state index contributed by atoms with van der Waals surface area (Å²) in [5.41, 5.74) is 5.86. The van der Waals surface area contributed by atoms with Crippen LogP contribution in [0.1, 0.15) is 5.82 Å². The third-order valence-corrected chi connectivity index (χ3v) is 2.36. The van der Waals surface area contributed by atoms with E-state index in [0.717, 1.165) is 0 Å². The van der Waals surface area contributed by atoms with E-state index in [1.54, 1.807) is 13.0 Å². The summed E-state index contributed by atoms with van der Waals surface area (Å²) in [4.78, 5) is 22.2. The van der Waals surface area contributed by atoms with Gasteiger partial charge in [0.1, 0.15) is 16.2 Å². The van der Waals surface area contributed by atoms with Crippen molar-refractivity contribution in [3.63, 3.8) is 0 Å². The van der Waals surface area contributed by atoms with E-state index in [9.17, 15) is 4.79 Å². The number of pyridine rings is 1. The van der Waals surface area contributed by atoms with Gasteiger partial charge in [0.05, 0.1) is 10.9 Å². The van der Waals surface area contributed by atoms with Gasteiger partial charge < -0.3 is 10.7 Å². The number of rotatable bonds is 0. The van der Waals surface area contributed by atoms with Gasteiger partial charge in [-0.15, -0.1) is 0 Å². The number of aryl methyl sites for hydroxylation is 1. The SMILES string of the molecule is Cc1nc2cc(N)nc(Br)c2c(=O)[nH]1. The van der Waals surface area contributed by atoms with Crippen molar-refractivity contribution in [1.82, 2.24) is 15.0 Å². The fourth-order valence-corrected chi connectivity index (χ4v) is 1.84. The highest BCUT2D eigenvalue weighted by Crippen LogP contribution is 2.18. The molecule has 0 spiro atoms. The Balaban J connectivity index is 3.02. The molecule has 0 saturated heterocycles. The zero-order chi connectivity index (χ0) is 10.3. The molecule has 2 heterocycles. The van der Waals surface area contributed by atoms with Gasteiger partial charge in [0, 0.05) is 6.07 Å². The zero-order valence-electron chi connectivity index (χ0n) is 7.34. The number of aromatic nitrogens is 3. The van der Waals surface area contributed by atoms with Crippen LogP contribution in [0.25, 0.3) is 10.9 Å². The maximum absolute atomic E-state index is 11.5. The van der Waals surface area contributed by atoms with E-state index in [2.05, 4.69) is 30.9 Å². The molecular formula is C8H7BrN4O. The molecule has 0 saturated carbocycles. The molecule has 14 heavy (non-hydrogen) atoms.